The van der Waals surface area contributed by atoms with Gasteiger partial charge in [0.2, 0.25) is 0 Å². The van der Waals surface area contributed by atoms with E-state index in [9.17, 15) is 9.59 Å². The van der Waals surface area contributed by atoms with Gasteiger partial charge in [-0.2, -0.15) is 4.79 Å². The smallest absolute Gasteiger partial charge is 0.419 e. The Morgan fingerprint density at radius 3 is 2.15 bits per heavy atom. The second-order valence-corrected chi connectivity index (χ2v) is 7.46. The number of hydrogen-bond acceptors (Lipinski definition) is 3. The fraction of sp³-hybridized carbons (Fsp3) is 0.333. The van der Waals surface area contributed by atoms with Crippen molar-refractivity contribution in [2.24, 2.45) is 0 Å². The number of likely N-dealkylation sites (tertiary alicyclic amines) is 1. The number of carbonyl (C=O) groups is 2. The van der Waals surface area contributed by atoms with Gasteiger partial charge in [0, 0.05) is 30.4 Å². The average Bonchev–Trinajstić information content (AvgIpc) is 3.19. The Morgan fingerprint density at radius 2 is 1.65 bits per heavy atom. The minimum absolute atomic E-state index is 0.0188. The second-order valence-electron chi connectivity index (χ2n) is 7.14. The maximum absolute atomic E-state index is 12.8. The summed E-state index contributed by atoms with van der Waals surface area (Å²) < 4.78 is 5.28. The number of fused-ring (bicyclic) bond motifs is 3. The van der Waals surface area contributed by atoms with E-state index < -0.39 is 15.9 Å². The molecule has 4 nitrogen and oxygen atoms in total. The Labute approximate surface area is 157 Å². The summed E-state index contributed by atoms with van der Waals surface area (Å²) in [6.07, 6.45) is 1.06. The van der Waals surface area contributed by atoms with E-state index in [4.69, 9.17) is 16.3 Å². The lowest BCUT2D eigenvalue weighted by atomic mass is 9.98. The van der Waals surface area contributed by atoms with Crippen LogP contribution >= 0.6 is 11.6 Å². The highest BCUT2D eigenvalue weighted by atomic mass is 35.5. The largest absolute Gasteiger partial charge is 0.524 e. The van der Waals surface area contributed by atoms with Gasteiger partial charge in [0.25, 0.3) is 0 Å². The maximum atomic E-state index is 12.8. The minimum atomic E-state index is -0.646. The Balaban J connectivity index is 1.60. The van der Waals surface area contributed by atoms with Gasteiger partial charge in [-0.25, -0.2) is 4.79 Å². The van der Waals surface area contributed by atoms with Gasteiger partial charge in [0.15, 0.2) is 0 Å². The number of ether oxygens (including phenoxy) is 1. The van der Waals surface area contributed by atoms with E-state index in [2.05, 4.69) is 24.3 Å². The van der Waals surface area contributed by atoms with Crippen molar-refractivity contribution in [2.75, 3.05) is 13.2 Å². The predicted molar refractivity (Wildman–Crippen MR) is 100 cm³/mol. The standard InChI is InChI=1S/C21H21ClNO3/c1-14-7-6-12-23(14,20(22)24)21(25)26-13-19-17-10-4-2-8-15(17)16-9-3-5-11-18(16)19/h2-5,8-11,14,19H,6-7,12-13H2,1H3/q+1/t14-,23?/m1/s1. The van der Waals surface area contributed by atoms with E-state index in [1.165, 1.54) is 11.1 Å². The lowest BCUT2D eigenvalue weighted by Gasteiger charge is -2.29. The molecule has 5 heteroatoms. The fourth-order valence-electron chi connectivity index (χ4n) is 4.39. The van der Waals surface area contributed by atoms with Crippen LogP contribution in [-0.4, -0.2) is 35.1 Å². The number of halogens is 1. The van der Waals surface area contributed by atoms with Crippen LogP contribution in [0.1, 0.15) is 36.8 Å². The molecule has 1 saturated heterocycles. The van der Waals surface area contributed by atoms with Crippen molar-refractivity contribution >= 4 is 23.1 Å². The monoisotopic (exact) mass is 370 g/mol. The van der Waals surface area contributed by atoms with E-state index in [0.717, 1.165) is 24.0 Å². The summed E-state index contributed by atoms with van der Waals surface area (Å²) in [7, 11) is 0. The zero-order chi connectivity index (χ0) is 18.3. The maximum Gasteiger partial charge on any atom is 0.524 e. The highest BCUT2D eigenvalue weighted by Gasteiger charge is 2.53. The van der Waals surface area contributed by atoms with Crippen LogP contribution < -0.4 is 0 Å². The predicted octanol–water partition coefficient (Wildman–Crippen LogP) is 5.29. The molecule has 0 saturated carbocycles. The molecule has 2 aliphatic rings. The molecule has 134 valence electrons. The molecule has 2 atom stereocenters. The molecule has 1 aliphatic carbocycles. The summed E-state index contributed by atoms with van der Waals surface area (Å²) in [5, 5.41) is -0.646. The first-order valence-electron chi connectivity index (χ1n) is 8.99. The van der Waals surface area contributed by atoms with Crippen molar-refractivity contribution in [1.29, 1.82) is 0 Å². The molecule has 1 fully saturated rings. The highest BCUT2D eigenvalue weighted by Crippen LogP contribution is 2.44. The number of rotatable bonds is 2. The van der Waals surface area contributed by atoms with Crippen LogP contribution in [0.5, 0.6) is 0 Å². The molecule has 2 amide bonds. The lowest BCUT2D eigenvalue weighted by Crippen LogP contribution is -2.57. The normalized spacial score (nSPS) is 24.2. The van der Waals surface area contributed by atoms with Gasteiger partial charge in [-0.3, -0.25) is 0 Å². The van der Waals surface area contributed by atoms with Crippen LogP contribution in [0.2, 0.25) is 0 Å². The summed E-state index contributed by atoms with van der Waals surface area (Å²) in [6.45, 7) is 2.51. The Hall–Kier alpha value is -2.17. The van der Waals surface area contributed by atoms with Gasteiger partial charge in [-0.05, 0) is 29.2 Å². The second kappa shape index (κ2) is 6.53. The zero-order valence-corrected chi connectivity index (χ0v) is 15.4. The topological polar surface area (TPSA) is 43.4 Å². The number of imide groups is 1. The fourth-order valence-corrected chi connectivity index (χ4v) is 4.71. The van der Waals surface area contributed by atoms with Gasteiger partial charge in [-0.15, -0.1) is 4.48 Å². The summed E-state index contributed by atoms with van der Waals surface area (Å²) in [5.41, 5.74) is 4.66. The molecule has 2 aromatic rings. The summed E-state index contributed by atoms with van der Waals surface area (Å²) in [5.74, 6) is -0.0188. The number of nitrogens with zero attached hydrogens (tertiary/aromatic N) is 1. The molecule has 1 aliphatic heterocycles. The molecule has 1 unspecified atom stereocenters. The number of quaternary nitrogens is 1. The molecule has 0 bridgehead atoms. The lowest BCUT2D eigenvalue weighted by molar-refractivity contribution is -0.781. The van der Waals surface area contributed by atoms with Gasteiger partial charge >= 0.3 is 11.5 Å². The zero-order valence-electron chi connectivity index (χ0n) is 14.7. The molecule has 0 radical (unpaired) electrons. The number of amides is 2. The number of benzene rings is 2. The van der Waals surface area contributed by atoms with Crippen molar-refractivity contribution in [3.8, 4) is 11.1 Å². The van der Waals surface area contributed by atoms with Crippen molar-refractivity contribution < 1.29 is 18.8 Å². The number of carbonyl (C=O) groups excluding carboxylic acids is 2. The molecule has 26 heavy (non-hydrogen) atoms. The van der Waals surface area contributed by atoms with Crippen LogP contribution in [0, 0.1) is 0 Å². The van der Waals surface area contributed by atoms with Crippen LogP contribution in [-0.2, 0) is 4.74 Å². The van der Waals surface area contributed by atoms with Crippen molar-refractivity contribution in [2.45, 2.75) is 31.7 Å². The van der Waals surface area contributed by atoms with Gasteiger partial charge in [0.1, 0.15) is 12.6 Å². The van der Waals surface area contributed by atoms with Gasteiger partial charge in [0.05, 0.1) is 6.54 Å². The van der Waals surface area contributed by atoms with Crippen LogP contribution in [0.25, 0.3) is 11.1 Å². The first-order valence-corrected chi connectivity index (χ1v) is 9.37. The highest BCUT2D eigenvalue weighted by molar-refractivity contribution is 6.61. The summed E-state index contributed by atoms with van der Waals surface area (Å²) >= 11 is 5.82. The SMILES string of the molecule is C[C@@H]1CCC[N+]1(C(=O)Cl)C(=O)OCC1c2ccccc2-c2ccccc21. The van der Waals surface area contributed by atoms with E-state index in [1.807, 2.05) is 31.2 Å². The molecule has 0 spiro atoms. The third kappa shape index (κ3) is 2.48. The van der Waals surface area contributed by atoms with Gasteiger partial charge < -0.3 is 4.74 Å². The third-order valence-electron chi connectivity index (χ3n) is 5.86. The first-order chi connectivity index (χ1) is 12.6. The summed E-state index contributed by atoms with van der Waals surface area (Å²) in [6, 6.07) is 16.2. The van der Waals surface area contributed by atoms with Crippen LogP contribution in [0.4, 0.5) is 9.59 Å². The molecule has 1 heterocycles. The molecule has 0 N–H and O–H groups in total. The van der Waals surface area contributed by atoms with E-state index in [-0.39, 0.29) is 18.6 Å². The van der Waals surface area contributed by atoms with E-state index >= 15 is 0 Å². The minimum Gasteiger partial charge on any atom is -0.419 e. The Bertz CT molecular complexity index is 836. The van der Waals surface area contributed by atoms with Gasteiger partial charge in [-0.1, -0.05) is 48.5 Å². The van der Waals surface area contributed by atoms with Crippen LogP contribution in [0.15, 0.2) is 48.5 Å². The molecular formula is C21H21ClNO3+. The Kier molecular flexibility index (Phi) is 4.33. The Morgan fingerprint density at radius 1 is 1.08 bits per heavy atom. The third-order valence-corrected chi connectivity index (χ3v) is 6.16. The van der Waals surface area contributed by atoms with Crippen molar-refractivity contribution in [3.05, 3.63) is 59.7 Å². The van der Waals surface area contributed by atoms with Crippen molar-refractivity contribution in [1.82, 2.24) is 0 Å². The summed E-state index contributed by atoms with van der Waals surface area (Å²) in [4.78, 5) is 24.9. The average molecular weight is 371 g/mol. The molecule has 4 rings (SSSR count). The van der Waals surface area contributed by atoms with Crippen molar-refractivity contribution in [3.63, 3.8) is 0 Å². The van der Waals surface area contributed by atoms with E-state index in [0.29, 0.717) is 6.54 Å². The first kappa shape index (κ1) is 17.3. The van der Waals surface area contributed by atoms with E-state index in [1.54, 1.807) is 0 Å². The molecular weight excluding hydrogens is 350 g/mol. The molecule has 0 aromatic heterocycles. The number of hydrogen-bond donors (Lipinski definition) is 0. The molecule has 2 aromatic carbocycles. The quantitative estimate of drug-likeness (QED) is 0.409. The van der Waals surface area contributed by atoms with Crippen LogP contribution in [0.3, 0.4) is 0 Å².